The molecule has 0 saturated heterocycles. The Labute approximate surface area is 107 Å². The number of nitrogens with two attached hydrogens (primary N) is 1. The molecule has 18 heavy (non-hydrogen) atoms. The highest BCUT2D eigenvalue weighted by molar-refractivity contribution is 5.88. The lowest BCUT2D eigenvalue weighted by atomic mass is 10.2. The number of nitrogens with zero attached hydrogens (tertiary/aromatic N) is 2. The number of anilines is 1. The monoisotopic (exact) mass is 245 g/mol. The molecule has 3 rings (SSSR count). The number of furan rings is 1. The largest absolute Gasteiger partial charge is 0.464 e. The summed E-state index contributed by atoms with van der Waals surface area (Å²) in [6.07, 6.45) is 8.66. The van der Waals surface area contributed by atoms with Gasteiger partial charge in [0.15, 0.2) is 0 Å². The van der Waals surface area contributed by atoms with Crippen molar-refractivity contribution in [2.24, 2.45) is 5.73 Å². The summed E-state index contributed by atoms with van der Waals surface area (Å²) in [4.78, 5) is 6.92. The van der Waals surface area contributed by atoms with Crippen LogP contribution in [0.4, 0.5) is 5.82 Å². The molecule has 0 unspecified atom stereocenters. The summed E-state index contributed by atoms with van der Waals surface area (Å²) >= 11 is 0. The Bertz CT molecular complexity index is 516. The van der Waals surface area contributed by atoms with Gasteiger partial charge < -0.3 is 15.1 Å². The Morgan fingerprint density at radius 2 is 2.17 bits per heavy atom. The van der Waals surface area contributed by atoms with E-state index in [1.807, 2.05) is 18.3 Å². The fourth-order valence-electron chi connectivity index (χ4n) is 2.93. The molecule has 0 radical (unpaired) electrons. The molecule has 0 amide bonds. The first-order valence-electron chi connectivity index (χ1n) is 6.69. The average Bonchev–Trinajstić information content (AvgIpc) is 3.06. The van der Waals surface area contributed by atoms with Crippen LogP contribution in [-0.4, -0.2) is 24.1 Å². The summed E-state index contributed by atoms with van der Waals surface area (Å²) in [5.41, 5.74) is 6.66. The molecule has 0 aromatic carbocycles. The first kappa shape index (κ1) is 11.5. The van der Waals surface area contributed by atoms with Crippen molar-refractivity contribution < 1.29 is 4.42 Å². The Morgan fingerprint density at radius 1 is 1.33 bits per heavy atom. The quantitative estimate of drug-likeness (QED) is 0.899. The van der Waals surface area contributed by atoms with Crippen LogP contribution in [0, 0.1) is 0 Å². The van der Waals surface area contributed by atoms with Crippen LogP contribution in [0.5, 0.6) is 0 Å². The number of aromatic nitrogens is 1. The third-order valence-electron chi connectivity index (χ3n) is 3.77. The number of fused-ring (bicyclic) bond motifs is 1. The van der Waals surface area contributed by atoms with Crippen molar-refractivity contribution >= 4 is 16.8 Å². The Morgan fingerprint density at radius 3 is 2.94 bits per heavy atom. The molecular formula is C14H19N3O. The summed E-state index contributed by atoms with van der Waals surface area (Å²) in [6, 6.07) is 4.49. The summed E-state index contributed by atoms with van der Waals surface area (Å²) in [5.74, 6) is 1.03. The Hall–Kier alpha value is -1.55. The minimum absolute atomic E-state index is 0.585. The normalized spacial score (nSPS) is 16.5. The number of rotatable bonds is 4. The van der Waals surface area contributed by atoms with Crippen LogP contribution in [0.3, 0.4) is 0 Å². The third-order valence-corrected chi connectivity index (χ3v) is 3.77. The van der Waals surface area contributed by atoms with Gasteiger partial charge in [-0.3, -0.25) is 0 Å². The molecule has 4 heteroatoms. The van der Waals surface area contributed by atoms with Crippen molar-refractivity contribution in [1.29, 1.82) is 0 Å². The van der Waals surface area contributed by atoms with Crippen molar-refractivity contribution in [3.05, 3.63) is 24.6 Å². The lowest BCUT2D eigenvalue weighted by molar-refractivity contribution is 0.602. The standard InChI is InChI=1S/C14H19N3O/c15-7-9-17(11-3-1-2-4-11)14-12-6-10-18-13(12)5-8-16-14/h5-6,8,10-11H,1-4,7,9,15H2. The second-order valence-electron chi connectivity index (χ2n) is 4.89. The number of hydrogen-bond acceptors (Lipinski definition) is 4. The highest BCUT2D eigenvalue weighted by atomic mass is 16.3. The molecule has 1 saturated carbocycles. The van der Waals surface area contributed by atoms with Crippen LogP contribution >= 0.6 is 0 Å². The maximum Gasteiger partial charge on any atom is 0.139 e. The Balaban J connectivity index is 2.00. The first-order chi connectivity index (χ1) is 8.90. The first-order valence-corrected chi connectivity index (χ1v) is 6.69. The van der Waals surface area contributed by atoms with Crippen molar-refractivity contribution in [2.75, 3.05) is 18.0 Å². The summed E-state index contributed by atoms with van der Waals surface area (Å²) in [6.45, 7) is 1.52. The van der Waals surface area contributed by atoms with Crippen molar-refractivity contribution in [2.45, 2.75) is 31.7 Å². The van der Waals surface area contributed by atoms with E-state index < -0.39 is 0 Å². The van der Waals surface area contributed by atoms with Gasteiger partial charge in [-0.25, -0.2) is 4.98 Å². The minimum atomic E-state index is 0.585. The molecule has 2 heterocycles. The summed E-state index contributed by atoms with van der Waals surface area (Å²) in [5, 5.41) is 1.10. The SMILES string of the molecule is NCCN(c1nccc2occc12)C1CCCC1. The van der Waals surface area contributed by atoms with Crippen LogP contribution in [0.15, 0.2) is 29.0 Å². The molecule has 1 fully saturated rings. The van der Waals surface area contributed by atoms with E-state index in [4.69, 9.17) is 10.2 Å². The lowest BCUT2D eigenvalue weighted by Crippen LogP contribution is -2.38. The predicted molar refractivity (Wildman–Crippen MR) is 72.7 cm³/mol. The van der Waals surface area contributed by atoms with E-state index in [1.165, 1.54) is 25.7 Å². The topological polar surface area (TPSA) is 55.3 Å². The predicted octanol–water partition coefficient (Wildman–Crippen LogP) is 2.54. The zero-order chi connectivity index (χ0) is 12.4. The van der Waals surface area contributed by atoms with Gasteiger partial charge in [-0.2, -0.15) is 0 Å². The molecule has 2 aromatic heterocycles. The second kappa shape index (κ2) is 4.98. The highest BCUT2D eigenvalue weighted by Crippen LogP contribution is 2.31. The average molecular weight is 245 g/mol. The molecule has 4 nitrogen and oxygen atoms in total. The molecule has 0 aliphatic heterocycles. The zero-order valence-electron chi connectivity index (χ0n) is 10.5. The van der Waals surface area contributed by atoms with Crippen molar-refractivity contribution in [3.8, 4) is 0 Å². The van der Waals surface area contributed by atoms with E-state index in [0.29, 0.717) is 12.6 Å². The molecule has 0 atom stereocenters. The molecule has 2 N–H and O–H groups in total. The van der Waals surface area contributed by atoms with E-state index in [-0.39, 0.29) is 0 Å². The van der Waals surface area contributed by atoms with E-state index in [2.05, 4.69) is 9.88 Å². The van der Waals surface area contributed by atoms with E-state index in [9.17, 15) is 0 Å². The Kier molecular flexibility index (Phi) is 3.19. The molecule has 0 spiro atoms. The molecule has 96 valence electrons. The van der Waals surface area contributed by atoms with Gasteiger partial charge in [-0.1, -0.05) is 12.8 Å². The van der Waals surface area contributed by atoms with Crippen LogP contribution < -0.4 is 10.6 Å². The fraction of sp³-hybridized carbons (Fsp3) is 0.500. The third kappa shape index (κ3) is 1.97. The van der Waals surface area contributed by atoms with Gasteiger partial charge in [0.05, 0.1) is 11.6 Å². The van der Waals surface area contributed by atoms with E-state index in [1.54, 1.807) is 6.26 Å². The maximum atomic E-state index is 5.76. The molecule has 1 aliphatic carbocycles. The molecule has 2 aromatic rings. The van der Waals surface area contributed by atoms with Crippen molar-refractivity contribution in [1.82, 2.24) is 4.98 Å². The van der Waals surface area contributed by atoms with Crippen LogP contribution in [0.25, 0.3) is 11.0 Å². The highest BCUT2D eigenvalue weighted by Gasteiger charge is 2.24. The maximum absolute atomic E-state index is 5.76. The minimum Gasteiger partial charge on any atom is -0.464 e. The van der Waals surface area contributed by atoms with Crippen LogP contribution in [0.2, 0.25) is 0 Å². The number of hydrogen-bond donors (Lipinski definition) is 1. The smallest absolute Gasteiger partial charge is 0.139 e. The van der Waals surface area contributed by atoms with Gasteiger partial charge in [0.25, 0.3) is 0 Å². The fourth-order valence-corrected chi connectivity index (χ4v) is 2.93. The van der Waals surface area contributed by atoms with Gasteiger partial charge >= 0.3 is 0 Å². The zero-order valence-corrected chi connectivity index (χ0v) is 10.5. The van der Waals surface area contributed by atoms with E-state index >= 15 is 0 Å². The van der Waals surface area contributed by atoms with Crippen LogP contribution in [0.1, 0.15) is 25.7 Å². The molecular weight excluding hydrogens is 226 g/mol. The van der Waals surface area contributed by atoms with Gasteiger partial charge in [-0.15, -0.1) is 0 Å². The molecule has 1 aliphatic rings. The van der Waals surface area contributed by atoms with Gasteiger partial charge in [0.1, 0.15) is 11.4 Å². The second-order valence-corrected chi connectivity index (χ2v) is 4.89. The lowest BCUT2D eigenvalue weighted by Gasteiger charge is -2.30. The van der Waals surface area contributed by atoms with E-state index in [0.717, 1.165) is 23.3 Å². The molecule has 0 bridgehead atoms. The van der Waals surface area contributed by atoms with Crippen LogP contribution in [-0.2, 0) is 0 Å². The van der Waals surface area contributed by atoms with Gasteiger partial charge in [0.2, 0.25) is 0 Å². The van der Waals surface area contributed by atoms with Crippen molar-refractivity contribution in [3.63, 3.8) is 0 Å². The summed E-state index contributed by atoms with van der Waals surface area (Å²) < 4.78 is 5.45. The van der Waals surface area contributed by atoms with Gasteiger partial charge in [0, 0.05) is 25.3 Å². The van der Waals surface area contributed by atoms with Gasteiger partial charge in [-0.05, 0) is 25.0 Å². The summed E-state index contributed by atoms with van der Waals surface area (Å²) in [7, 11) is 0. The number of pyridine rings is 1.